The number of amides is 1. The molecule has 0 saturated heterocycles. The third kappa shape index (κ3) is 4.78. The van der Waals surface area contributed by atoms with Gasteiger partial charge in [-0.1, -0.05) is 29.0 Å². The number of primary sulfonamides is 1. The lowest BCUT2D eigenvalue weighted by molar-refractivity contribution is -0.140. The van der Waals surface area contributed by atoms with Gasteiger partial charge in [-0.3, -0.25) is 9.59 Å². The number of sulfonamides is 1. The second-order valence-electron chi connectivity index (χ2n) is 6.32. The van der Waals surface area contributed by atoms with E-state index >= 15 is 0 Å². The molecule has 0 bridgehead atoms. The van der Waals surface area contributed by atoms with Crippen molar-refractivity contribution in [1.29, 1.82) is 0 Å². The molecular weight excluding hydrogens is 414 g/mol. The minimum absolute atomic E-state index is 0.0390. The van der Waals surface area contributed by atoms with Gasteiger partial charge >= 0.3 is 5.97 Å². The highest BCUT2D eigenvalue weighted by atomic mass is 32.2. The minimum atomic E-state index is -3.87. The number of aryl methyl sites for hydroxylation is 2. The number of carbonyl (C=O) groups is 2. The average Bonchev–Trinajstić information content (AvgIpc) is 3.01. The van der Waals surface area contributed by atoms with Crippen molar-refractivity contribution in [2.45, 2.75) is 24.8 Å². The minimum Gasteiger partial charge on any atom is -0.469 e. The van der Waals surface area contributed by atoms with Gasteiger partial charge in [0.15, 0.2) is 4.80 Å². The van der Waals surface area contributed by atoms with Gasteiger partial charge in [-0.2, -0.15) is 4.99 Å². The Hall–Kier alpha value is -2.82. The number of thiazole rings is 1. The number of methoxy groups -OCH3 is 1. The Bertz CT molecular complexity index is 1270. The lowest BCUT2D eigenvalue weighted by Gasteiger charge is -2.05. The summed E-state index contributed by atoms with van der Waals surface area (Å²) in [4.78, 5) is 28.8. The molecule has 2 aromatic carbocycles. The normalized spacial score (nSPS) is 12.3. The summed E-state index contributed by atoms with van der Waals surface area (Å²) < 4.78 is 30.3. The number of rotatable bonds is 5. The highest BCUT2D eigenvalue weighted by molar-refractivity contribution is 7.89. The third-order valence-corrected chi connectivity index (χ3v) is 6.16. The molecule has 1 aromatic heterocycles. The van der Waals surface area contributed by atoms with Gasteiger partial charge < -0.3 is 9.30 Å². The molecule has 1 amide bonds. The maximum atomic E-state index is 12.6. The second kappa shape index (κ2) is 8.27. The monoisotopic (exact) mass is 433 g/mol. The van der Waals surface area contributed by atoms with Crippen LogP contribution in [0.3, 0.4) is 0 Å². The molecule has 0 aliphatic heterocycles. The van der Waals surface area contributed by atoms with Crippen LogP contribution in [-0.4, -0.2) is 32.0 Å². The fraction of sp³-hybridized carbons (Fsp3) is 0.211. The van der Waals surface area contributed by atoms with Gasteiger partial charge in [-0.05, 0) is 37.3 Å². The van der Waals surface area contributed by atoms with Crippen LogP contribution in [0.5, 0.6) is 0 Å². The number of nitrogens with zero attached hydrogens (tertiary/aromatic N) is 2. The van der Waals surface area contributed by atoms with Crippen molar-refractivity contribution in [2.75, 3.05) is 7.11 Å². The number of hydrogen-bond donors (Lipinski definition) is 1. The van der Waals surface area contributed by atoms with Gasteiger partial charge in [0.05, 0.1) is 28.6 Å². The standard InChI is InChI=1S/C19H19N3O5S2/c1-12-4-3-5-13(10-12)18(24)21-19-22(9-8-17(23)27-2)15-7-6-14(29(20,25)26)11-16(15)28-19/h3-7,10-11H,8-9H2,1-2H3,(H2,20,25,26). The molecule has 10 heteroatoms. The first-order valence-electron chi connectivity index (χ1n) is 8.58. The van der Waals surface area contributed by atoms with E-state index in [-0.39, 0.29) is 17.9 Å². The molecule has 2 N–H and O–H groups in total. The van der Waals surface area contributed by atoms with Crippen molar-refractivity contribution in [1.82, 2.24) is 4.57 Å². The number of benzene rings is 2. The van der Waals surface area contributed by atoms with Crippen LogP contribution < -0.4 is 9.94 Å². The Balaban J connectivity index is 2.14. The Morgan fingerprint density at radius 2 is 1.97 bits per heavy atom. The zero-order chi connectivity index (χ0) is 21.2. The topological polar surface area (TPSA) is 121 Å². The number of nitrogens with two attached hydrogens (primary N) is 1. The molecule has 0 aliphatic carbocycles. The Kier molecular flexibility index (Phi) is 5.96. The summed E-state index contributed by atoms with van der Waals surface area (Å²) in [6.45, 7) is 2.10. The van der Waals surface area contributed by atoms with Crippen LogP contribution in [0.1, 0.15) is 22.3 Å². The highest BCUT2D eigenvalue weighted by Crippen LogP contribution is 2.22. The SMILES string of the molecule is COC(=O)CCn1c(=NC(=O)c2cccc(C)c2)sc2cc(S(N)(=O)=O)ccc21. The molecular formula is C19H19N3O5S2. The summed E-state index contributed by atoms with van der Waals surface area (Å²) in [6.07, 6.45) is 0.0745. The second-order valence-corrected chi connectivity index (χ2v) is 8.89. The fourth-order valence-electron chi connectivity index (χ4n) is 2.77. The Labute approximate surface area is 171 Å². The number of hydrogen-bond acceptors (Lipinski definition) is 6. The van der Waals surface area contributed by atoms with Crippen molar-refractivity contribution < 1.29 is 22.7 Å². The molecule has 0 unspecified atom stereocenters. The first kappa shape index (κ1) is 20.9. The van der Waals surface area contributed by atoms with Crippen LogP contribution >= 0.6 is 11.3 Å². The van der Waals surface area contributed by atoms with Crippen LogP contribution in [0.4, 0.5) is 0 Å². The molecule has 0 spiro atoms. The van der Waals surface area contributed by atoms with Gasteiger partial charge in [0.25, 0.3) is 5.91 Å². The number of ether oxygens (including phenoxy) is 1. The lowest BCUT2D eigenvalue weighted by atomic mass is 10.1. The van der Waals surface area contributed by atoms with E-state index in [1.165, 1.54) is 19.2 Å². The summed E-state index contributed by atoms with van der Waals surface area (Å²) >= 11 is 1.14. The predicted molar refractivity (Wildman–Crippen MR) is 109 cm³/mol. The maximum absolute atomic E-state index is 12.6. The van der Waals surface area contributed by atoms with Crippen LogP contribution in [-0.2, 0) is 26.1 Å². The molecule has 0 radical (unpaired) electrons. The van der Waals surface area contributed by atoms with E-state index in [2.05, 4.69) is 9.73 Å². The summed E-state index contributed by atoms with van der Waals surface area (Å²) in [5, 5.41) is 5.21. The van der Waals surface area contributed by atoms with E-state index in [4.69, 9.17) is 5.14 Å². The molecule has 0 fully saturated rings. The lowest BCUT2D eigenvalue weighted by Crippen LogP contribution is -2.19. The van der Waals surface area contributed by atoms with E-state index < -0.39 is 21.9 Å². The van der Waals surface area contributed by atoms with E-state index in [9.17, 15) is 18.0 Å². The third-order valence-electron chi connectivity index (χ3n) is 4.21. The molecule has 3 aromatic rings. The van der Waals surface area contributed by atoms with Gasteiger partial charge in [0, 0.05) is 12.1 Å². The smallest absolute Gasteiger partial charge is 0.307 e. The summed E-state index contributed by atoms with van der Waals surface area (Å²) in [5.74, 6) is -0.840. The molecule has 8 nitrogen and oxygen atoms in total. The largest absolute Gasteiger partial charge is 0.469 e. The highest BCUT2D eigenvalue weighted by Gasteiger charge is 2.14. The molecule has 3 rings (SSSR count). The van der Waals surface area contributed by atoms with Crippen LogP contribution in [0, 0.1) is 6.92 Å². The first-order valence-corrected chi connectivity index (χ1v) is 10.9. The fourth-order valence-corrected chi connectivity index (χ4v) is 4.47. The number of aromatic nitrogens is 1. The zero-order valence-electron chi connectivity index (χ0n) is 15.8. The molecule has 152 valence electrons. The van der Waals surface area contributed by atoms with Crippen molar-refractivity contribution >= 4 is 43.5 Å². The van der Waals surface area contributed by atoms with E-state index in [1.807, 2.05) is 13.0 Å². The number of carbonyl (C=O) groups excluding carboxylic acids is 2. The molecule has 0 atom stereocenters. The Morgan fingerprint density at radius 3 is 2.62 bits per heavy atom. The van der Waals surface area contributed by atoms with E-state index in [1.54, 1.807) is 28.8 Å². The van der Waals surface area contributed by atoms with Crippen molar-refractivity contribution in [3.05, 3.63) is 58.4 Å². The average molecular weight is 434 g/mol. The number of esters is 1. The summed E-state index contributed by atoms with van der Waals surface area (Å²) in [5.41, 5.74) is 2.01. The van der Waals surface area contributed by atoms with Gasteiger partial charge in [-0.25, -0.2) is 13.6 Å². The van der Waals surface area contributed by atoms with Crippen molar-refractivity contribution in [3.63, 3.8) is 0 Å². The molecule has 1 heterocycles. The molecule has 0 saturated carbocycles. The summed E-state index contributed by atoms with van der Waals surface area (Å²) in [7, 11) is -2.58. The quantitative estimate of drug-likeness (QED) is 0.617. The van der Waals surface area contributed by atoms with Gasteiger partial charge in [0.1, 0.15) is 0 Å². The molecule has 29 heavy (non-hydrogen) atoms. The van der Waals surface area contributed by atoms with E-state index in [0.29, 0.717) is 20.6 Å². The van der Waals surface area contributed by atoms with Crippen LogP contribution in [0.15, 0.2) is 52.4 Å². The molecule has 0 aliphatic rings. The zero-order valence-corrected chi connectivity index (χ0v) is 17.4. The van der Waals surface area contributed by atoms with Crippen LogP contribution in [0.2, 0.25) is 0 Å². The van der Waals surface area contributed by atoms with Crippen LogP contribution in [0.25, 0.3) is 10.2 Å². The van der Waals surface area contributed by atoms with Gasteiger partial charge in [0.2, 0.25) is 10.0 Å². The number of fused-ring (bicyclic) bond motifs is 1. The van der Waals surface area contributed by atoms with Crippen molar-refractivity contribution in [3.8, 4) is 0 Å². The summed E-state index contributed by atoms with van der Waals surface area (Å²) in [6, 6.07) is 11.4. The Morgan fingerprint density at radius 1 is 1.21 bits per heavy atom. The van der Waals surface area contributed by atoms with Crippen molar-refractivity contribution in [2.24, 2.45) is 10.1 Å². The van der Waals surface area contributed by atoms with Gasteiger partial charge in [-0.15, -0.1) is 0 Å². The maximum Gasteiger partial charge on any atom is 0.307 e. The predicted octanol–water partition coefficient (Wildman–Crippen LogP) is 1.96. The first-order chi connectivity index (χ1) is 13.7. The van der Waals surface area contributed by atoms with E-state index in [0.717, 1.165) is 16.9 Å².